The monoisotopic (exact) mass is 418 g/mol. The van der Waals surface area contributed by atoms with Crippen LogP contribution in [-0.2, 0) is 11.2 Å². The first-order valence-electron chi connectivity index (χ1n) is 9.72. The van der Waals surface area contributed by atoms with Crippen molar-refractivity contribution in [3.05, 3.63) is 64.4 Å². The number of hydrogen-bond donors (Lipinski definition) is 1. The molecule has 0 aromatic heterocycles. The first-order valence-corrected chi connectivity index (χ1v) is 10.1. The standard InChI is InChI=1S/C22H24ClFN2O3/c1-2-29-17-8-6-15(7-9-17)14-20(27)25-16-10-12-26(13-11-16)22(28)21-18(23)4-3-5-19(21)24/h3-9,16H,2,10-14H2,1H3,(H,25,27). The molecule has 0 aliphatic carbocycles. The summed E-state index contributed by atoms with van der Waals surface area (Å²) in [5.74, 6) is -0.305. The molecule has 0 radical (unpaired) electrons. The Bertz CT molecular complexity index is 845. The highest BCUT2D eigenvalue weighted by Crippen LogP contribution is 2.23. The summed E-state index contributed by atoms with van der Waals surface area (Å²) >= 11 is 5.99. The zero-order chi connectivity index (χ0) is 20.8. The van der Waals surface area contributed by atoms with Gasteiger partial charge in [-0.25, -0.2) is 4.39 Å². The van der Waals surface area contributed by atoms with Crippen LogP contribution in [0.3, 0.4) is 0 Å². The lowest BCUT2D eigenvalue weighted by molar-refractivity contribution is -0.121. The average molecular weight is 419 g/mol. The summed E-state index contributed by atoms with van der Waals surface area (Å²) in [5, 5.41) is 3.13. The molecule has 2 amide bonds. The number of carbonyl (C=O) groups excluding carboxylic acids is 2. The summed E-state index contributed by atoms with van der Waals surface area (Å²) in [5.41, 5.74) is 0.819. The number of likely N-dealkylation sites (tertiary alicyclic amines) is 1. The van der Waals surface area contributed by atoms with Crippen LogP contribution in [0.5, 0.6) is 5.75 Å². The lowest BCUT2D eigenvalue weighted by Gasteiger charge is -2.32. The zero-order valence-corrected chi connectivity index (χ0v) is 17.0. The van der Waals surface area contributed by atoms with Crippen molar-refractivity contribution in [2.45, 2.75) is 32.2 Å². The molecule has 1 aliphatic heterocycles. The minimum absolute atomic E-state index is 0.00894. The molecule has 154 valence electrons. The Hall–Kier alpha value is -2.60. The van der Waals surface area contributed by atoms with Crippen molar-refractivity contribution in [2.24, 2.45) is 0 Å². The van der Waals surface area contributed by atoms with E-state index in [0.717, 1.165) is 11.3 Å². The van der Waals surface area contributed by atoms with Crippen molar-refractivity contribution >= 4 is 23.4 Å². The summed E-state index contributed by atoms with van der Waals surface area (Å²) in [6.07, 6.45) is 1.52. The molecule has 5 nitrogen and oxygen atoms in total. The van der Waals surface area contributed by atoms with Crippen LogP contribution in [0.25, 0.3) is 0 Å². The number of rotatable bonds is 6. The lowest BCUT2D eigenvalue weighted by Crippen LogP contribution is -2.47. The molecule has 3 rings (SSSR count). The minimum atomic E-state index is -0.617. The van der Waals surface area contributed by atoms with E-state index in [9.17, 15) is 14.0 Å². The molecule has 1 heterocycles. The number of carbonyl (C=O) groups is 2. The number of benzene rings is 2. The van der Waals surface area contributed by atoms with Gasteiger partial charge < -0.3 is 15.0 Å². The van der Waals surface area contributed by atoms with Crippen LogP contribution in [0.2, 0.25) is 5.02 Å². The third-order valence-corrected chi connectivity index (χ3v) is 5.24. The van der Waals surface area contributed by atoms with Gasteiger partial charge in [-0.15, -0.1) is 0 Å². The molecule has 2 aromatic rings. The van der Waals surface area contributed by atoms with Crippen molar-refractivity contribution in [3.8, 4) is 5.75 Å². The fourth-order valence-corrected chi connectivity index (χ4v) is 3.67. The second-order valence-corrected chi connectivity index (χ2v) is 7.39. The highest BCUT2D eigenvalue weighted by molar-refractivity contribution is 6.33. The van der Waals surface area contributed by atoms with Gasteiger partial charge in [-0.05, 0) is 49.6 Å². The fraction of sp³-hybridized carbons (Fsp3) is 0.364. The third kappa shape index (κ3) is 5.48. The molecule has 1 fully saturated rings. The first kappa shape index (κ1) is 21.1. The Kier molecular flexibility index (Phi) is 7.09. The average Bonchev–Trinajstić information content (AvgIpc) is 2.70. The van der Waals surface area contributed by atoms with Gasteiger partial charge >= 0.3 is 0 Å². The third-order valence-electron chi connectivity index (χ3n) is 4.92. The van der Waals surface area contributed by atoms with Crippen LogP contribution in [0.15, 0.2) is 42.5 Å². The van der Waals surface area contributed by atoms with Gasteiger partial charge in [0, 0.05) is 19.1 Å². The maximum absolute atomic E-state index is 14.0. The highest BCUT2D eigenvalue weighted by atomic mass is 35.5. The Morgan fingerprint density at radius 1 is 1.17 bits per heavy atom. The summed E-state index contributed by atoms with van der Waals surface area (Å²) < 4.78 is 19.4. The fourth-order valence-electron chi connectivity index (χ4n) is 3.42. The largest absolute Gasteiger partial charge is 0.494 e. The smallest absolute Gasteiger partial charge is 0.258 e. The molecule has 0 spiro atoms. The van der Waals surface area contributed by atoms with Gasteiger partial charge in [-0.2, -0.15) is 0 Å². The van der Waals surface area contributed by atoms with E-state index in [1.165, 1.54) is 18.2 Å². The van der Waals surface area contributed by atoms with Crippen LogP contribution in [0, 0.1) is 5.82 Å². The summed E-state index contributed by atoms with van der Waals surface area (Å²) in [6.45, 7) is 3.41. The number of hydrogen-bond acceptors (Lipinski definition) is 3. The summed E-state index contributed by atoms with van der Waals surface area (Å²) in [6, 6.07) is 11.7. The van der Waals surface area contributed by atoms with Gasteiger partial charge in [0.05, 0.1) is 23.6 Å². The number of ether oxygens (including phenoxy) is 1. The van der Waals surface area contributed by atoms with E-state index >= 15 is 0 Å². The van der Waals surface area contributed by atoms with Crippen molar-refractivity contribution in [1.29, 1.82) is 0 Å². The second kappa shape index (κ2) is 9.74. The van der Waals surface area contributed by atoms with Gasteiger partial charge in [-0.1, -0.05) is 29.8 Å². The first-order chi connectivity index (χ1) is 14.0. The van der Waals surface area contributed by atoms with Gasteiger partial charge in [0.2, 0.25) is 5.91 Å². The predicted octanol–water partition coefficient (Wildman–Crippen LogP) is 3.84. The summed E-state index contributed by atoms with van der Waals surface area (Å²) in [4.78, 5) is 26.5. The van der Waals surface area contributed by atoms with Crippen LogP contribution in [0.4, 0.5) is 4.39 Å². The van der Waals surface area contributed by atoms with Crippen LogP contribution in [-0.4, -0.2) is 42.5 Å². The molecule has 29 heavy (non-hydrogen) atoms. The van der Waals surface area contributed by atoms with Gasteiger partial charge in [0.1, 0.15) is 11.6 Å². The molecule has 7 heteroatoms. The van der Waals surface area contributed by atoms with E-state index < -0.39 is 11.7 Å². The van der Waals surface area contributed by atoms with E-state index in [4.69, 9.17) is 16.3 Å². The highest BCUT2D eigenvalue weighted by Gasteiger charge is 2.27. The maximum atomic E-state index is 14.0. The van der Waals surface area contributed by atoms with E-state index in [1.807, 2.05) is 31.2 Å². The SMILES string of the molecule is CCOc1ccc(CC(=O)NC2CCN(C(=O)c3c(F)cccc3Cl)CC2)cc1. The van der Waals surface area contributed by atoms with Crippen molar-refractivity contribution in [2.75, 3.05) is 19.7 Å². The Labute approximate surface area is 174 Å². The Morgan fingerprint density at radius 2 is 1.86 bits per heavy atom. The predicted molar refractivity (Wildman–Crippen MR) is 110 cm³/mol. The number of amides is 2. The molecule has 1 saturated heterocycles. The van der Waals surface area contributed by atoms with Crippen LogP contribution >= 0.6 is 11.6 Å². The van der Waals surface area contributed by atoms with Gasteiger partial charge in [-0.3, -0.25) is 9.59 Å². The molecule has 1 aliphatic rings. The number of piperidine rings is 1. The molecule has 0 atom stereocenters. The minimum Gasteiger partial charge on any atom is -0.494 e. The summed E-state index contributed by atoms with van der Waals surface area (Å²) in [7, 11) is 0. The molecule has 0 unspecified atom stereocenters. The van der Waals surface area contributed by atoms with Crippen molar-refractivity contribution < 1.29 is 18.7 Å². The Morgan fingerprint density at radius 3 is 2.48 bits per heavy atom. The molecular formula is C22H24ClFN2O3. The molecule has 0 saturated carbocycles. The van der Waals surface area contributed by atoms with E-state index in [1.54, 1.807) is 4.90 Å². The van der Waals surface area contributed by atoms with Crippen LogP contribution in [0.1, 0.15) is 35.7 Å². The maximum Gasteiger partial charge on any atom is 0.258 e. The second-order valence-electron chi connectivity index (χ2n) is 6.98. The normalized spacial score (nSPS) is 14.5. The van der Waals surface area contributed by atoms with Gasteiger partial charge in [0.15, 0.2) is 0 Å². The molecular weight excluding hydrogens is 395 g/mol. The van der Waals surface area contributed by atoms with Crippen LogP contribution < -0.4 is 10.1 Å². The molecule has 0 bridgehead atoms. The topological polar surface area (TPSA) is 58.6 Å². The number of halogens is 2. The van der Waals surface area contributed by atoms with Crippen molar-refractivity contribution in [3.63, 3.8) is 0 Å². The molecule has 1 N–H and O–H groups in total. The van der Waals surface area contributed by atoms with E-state index in [-0.39, 0.29) is 29.0 Å². The zero-order valence-electron chi connectivity index (χ0n) is 16.3. The lowest BCUT2D eigenvalue weighted by atomic mass is 10.0. The number of nitrogens with one attached hydrogen (secondary N) is 1. The Balaban J connectivity index is 1.49. The quantitative estimate of drug-likeness (QED) is 0.775. The van der Waals surface area contributed by atoms with Crippen molar-refractivity contribution in [1.82, 2.24) is 10.2 Å². The van der Waals surface area contributed by atoms with E-state index in [2.05, 4.69) is 5.32 Å². The number of nitrogens with zero attached hydrogens (tertiary/aromatic N) is 1. The van der Waals surface area contributed by atoms with E-state index in [0.29, 0.717) is 32.5 Å². The van der Waals surface area contributed by atoms with Gasteiger partial charge in [0.25, 0.3) is 5.91 Å². The molecule has 2 aromatic carbocycles.